The lowest BCUT2D eigenvalue weighted by molar-refractivity contribution is -0.149. The topological polar surface area (TPSA) is 130 Å². The number of sulfonamides is 2. The van der Waals surface area contributed by atoms with Gasteiger partial charge in [0.25, 0.3) is 10.0 Å². The van der Waals surface area contributed by atoms with Crippen molar-refractivity contribution in [1.82, 2.24) is 4.31 Å². The molecule has 3 aromatic carbocycles. The number of esters is 1. The molecule has 0 aromatic heterocycles. The number of carbonyl (C=O) groups excluding carboxylic acids is 2. The fraction of sp³-hybridized carbons (Fsp3) is 0.310. The quantitative estimate of drug-likeness (QED) is 0.260. The summed E-state index contributed by atoms with van der Waals surface area (Å²) in [6.07, 6.45) is 0.756. The summed E-state index contributed by atoms with van der Waals surface area (Å²) in [7, 11) is -6.13. The van der Waals surface area contributed by atoms with Crippen LogP contribution in [0, 0.1) is 5.92 Å². The number of piperidine rings is 1. The molecule has 0 radical (unpaired) electrons. The number of nitrogens with zero attached hydrogens (tertiary/aromatic N) is 2. The maximum absolute atomic E-state index is 13.2. The van der Waals surface area contributed by atoms with E-state index in [0.29, 0.717) is 24.2 Å². The maximum Gasteiger partial charge on any atom is 0.309 e. The number of carbonyl (C=O) groups is 2. The molecule has 0 unspecified atom stereocenters. The molecule has 10 nitrogen and oxygen atoms in total. The molecule has 0 atom stereocenters. The lowest BCUT2D eigenvalue weighted by Gasteiger charge is -2.30. The summed E-state index contributed by atoms with van der Waals surface area (Å²) in [5.74, 6) is -0.955. The van der Waals surface area contributed by atoms with Crippen LogP contribution in [0.15, 0.2) is 88.7 Å². The predicted octanol–water partition coefficient (Wildman–Crippen LogP) is 3.77. The molecule has 41 heavy (non-hydrogen) atoms. The Labute approximate surface area is 241 Å². The zero-order valence-corrected chi connectivity index (χ0v) is 24.5. The highest BCUT2D eigenvalue weighted by atomic mass is 32.2. The van der Waals surface area contributed by atoms with Crippen LogP contribution in [0.4, 0.5) is 11.4 Å². The van der Waals surface area contributed by atoms with E-state index in [1.807, 2.05) is 0 Å². The van der Waals surface area contributed by atoms with Crippen molar-refractivity contribution >= 4 is 43.2 Å². The first-order chi connectivity index (χ1) is 19.5. The third kappa shape index (κ3) is 6.95. The Morgan fingerprint density at radius 3 is 2.20 bits per heavy atom. The van der Waals surface area contributed by atoms with E-state index in [1.165, 1.54) is 46.0 Å². The molecule has 0 saturated carbocycles. The van der Waals surface area contributed by atoms with E-state index in [2.05, 4.69) is 5.32 Å². The van der Waals surface area contributed by atoms with Crippen LogP contribution >= 0.6 is 0 Å². The molecular weight excluding hydrogens is 566 g/mol. The average Bonchev–Trinajstić information content (AvgIpc) is 3.00. The maximum atomic E-state index is 13.2. The molecule has 1 aliphatic heterocycles. The van der Waals surface area contributed by atoms with E-state index in [1.54, 1.807) is 55.5 Å². The van der Waals surface area contributed by atoms with E-state index >= 15 is 0 Å². The van der Waals surface area contributed by atoms with E-state index in [0.717, 1.165) is 0 Å². The molecule has 0 bridgehead atoms. The van der Waals surface area contributed by atoms with Crippen molar-refractivity contribution in [2.75, 3.05) is 42.9 Å². The minimum Gasteiger partial charge on any atom is -0.466 e. The Bertz CT molecular complexity index is 1580. The molecule has 1 N–H and O–H groups in total. The number of ether oxygens (including phenoxy) is 1. The monoisotopic (exact) mass is 599 g/mol. The van der Waals surface area contributed by atoms with Crippen molar-refractivity contribution < 1.29 is 31.2 Å². The molecule has 4 rings (SSSR count). The highest BCUT2D eigenvalue weighted by Gasteiger charge is 2.33. The zero-order valence-electron chi connectivity index (χ0n) is 22.9. The van der Waals surface area contributed by atoms with E-state index < -0.39 is 20.0 Å². The van der Waals surface area contributed by atoms with Crippen molar-refractivity contribution in [3.05, 3.63) is 84.4 Å². The molecule has 12 heteroatoms. The largest absolute Gasteiger partial charge is 0.466 e. The van der Waals surface area contributed by atoms with Crippen molar-refractivity contribution in [2.45, 2.75) is 29.6 Å². The van der Waals surface area contributed by atoms with Gasteiger partial charge in [-0.1, -0.05) is 30.3 Å². The summed E-state index contributed by atoms with van der Waals surface area (Å²) in [5, 5.41) is 2.97. The first kappa shape index (κ1) is 30.2. The number of nitrogens with one attached hydrogen (secondary N) is 1. The van der Waals surface area contributed by atoms with Gasteiger partial charge in [0.1, 0.15) is 0 Å². The Morgan fingerprint density at radius 1 is 0.902 bits per heavy atom. The van der Waals surface area contributed by atoms with Gasteiger partial charge >= 0.3 is 5.97 Å². The predicted molar refractivity (Wildman–Crippen MR) is 156 cm³/mol. The van der Waals surface area contributed by atoms with E-state index in [-0.39, 0.29) is 59.3 Å². The van der Waals surface area contributed by atoms with Crippen molar-refractivity contribution in [3.63, 3.8) is 0 Å². The minimum absolute atomic E-state index is 0.00929. The number of para-hydroxylation sites is 1. The Kier molecular flexibility index (Phi) is 9.46. The Balaban J connectivity index is 1.37. The van der Waals surface area contributed by atoms with Crippen LogP contribution < -0.4 is 9.62 Å². The summed E-state index contributed by atoms with van der Waals surface area (Å²) in [6.45, 7) is 2.28. The molecule has 1 saturated heterocycles. The summed E-state index contributed by atoms with van der Waals surface area (Å²) >= 11 is 0. The molecular formula is C29H33N3O7S2. The summed E-state index contributed by atoms with van der Waals surface area (Å²) in [4.78, 5) is 25.0. The highest BCUT2D eigenvalue weighted by molar-refractivity contribution is 7.92. The highest BCUT2D eigenvalue weighted by Crippen LogP contribution is 2.26. The second-order valence-electron chi connectivity index (χ2n) is 9.57. The van der Waals surface area contributed by atoms with Gasteiger partial charge in [-0.3, -0.25) is 13.9 Å². The van der Waals surface area contributed by atoms with Gasteiger partial charge in [0.2, 0.25) is 10.0 Å². The summed E-state index contributed by atoms with van der Waals surface area (Å²) < 4.78 is 60.0. The number of rotatable bonds is 11. The second kappa shape index (κ2) is 12.8. The van der Waals surface area contributed by atoms with Crippen LogP contribution in [0.1, 0.15) is 30.1 Å². The minimum atomic E-state index is -3.84. The normalized spacial score (nSPS) is 14.8. The molecule has 1 fully saturated rings. The van der Waals surface area contributed by atoms with Gasteiger partial charge in [0, 0.05) is 31.4 Å². The van der Waals surface area contributed by atoms with Crippen molar-refractivity contribution in [3.8, 4) is 0 Å². The first-order valence-corrected chi connectivity index (χ1v) is 16.1. The van der Waals surface area contributed by atoms with Gasteiger partial charge < -0.3 is 10.1 Å². The van der Waals surface area contributed by atoms with Gasteiger partial charge in [0.05, 0.1) is 34.5 Å². The third-order valence-corrected chi connectivity index (χ3v) is 10.6. The number of ketones is 1. The zero-order chi connectivity index (χ0) is 29.6. The van der Waals surface area contributed by atoms with Crippen LogP contribution in [0.25, 0.3) is 0 Å². The number of hydrogen-bond donors (Lipinski definition) is 1. The second-order valence-corrected chi connectivity index (χ2v) is 13.5. The lowest BCUT2D eigenvalue weighted by atomic mass is 9.98. The van der Waals surface area contributed by atoms with Crippen LogP contribution in [0.5, 0.6) is 0 Å². The number of Topliss-reactive ketones (excluding diaryl/α,β-unsaturated/α-hetero) is 1. The Morgan fingerprint density at radius 2 is 1.56 bits per heavy atom. The van der Waals surface area contributed by atoms with Crippen molar-refractivity contribution in [2.24, 2.45) is 5.92 Å². The van der Waals surface area contributed by atoms with Crippen LogP contribution in [-0.4, -0.2) is 66.2 Å². The standard InChI is InChI=1S/C29H33N3O7S2/c1-3-39-29(34)22-16-18-32(19-17-22)41(37,38)27-11-7-8-23(20-27)28(33)21-30-24-12-14-26(15-13-24)40(35,36)31(2)25-9-5-4-6-10-25/h4-15,20,22,30H,3,16-19,21H2,1-2H3. The van der Waals surface area contributed by atoms with Gasteiger partial charge in [-0.15, -0.1) is 0 Å². The fourth-order valence-electron chi connectivity index (χ4n) is 4.54. The summed E-state index contributed by atoms with van der Waals surface area (Å²) in [6, 6.07) is 20.6. The average molecular weight is 600 g/mol. The number of benzene rings is 3. The van der Waals surface area contributed by atoms with Gasteiger partial charge in [-0.2, -0.15) is 4.31 Å². The molecule has 218 valence electrons. The Hall–Kier alpha value is -3.74. The number of hydrogen-bond acceptors (Lipinski definition) is 8. The smallest absolute Gasteiger partial charge is 0.309 e. The molecule has 0 aliphatic carbocycles. The molecule has 0 spiro atoms. The molecule has 1 heterocycles. The first-order valence-electron chi connectivity index (χ1n) is 13.2. The van der Waals surface area contributed by atoms with Crippen LogP contribution in [0.3, 0.4) is 0 Å². The molecule has 1 aliphatic rings. The summed E-state index contributed by atoms with van der Waals surface area (Å²) in [5.41, 5.74) is 1.29. The van der Waals surface area contributed by atoms with Gasteiger partial charge in [-0.25, -0.2) is 16.8 Å². The molecule has 3 aromatic rings. The van der Waals surface area contributed by atoms with Crippen LogP contribution in [-0.2, 0) is 29.6 Å². The lowest BCUT2D eigenvalue weighted by Crippen LogP contribution is -2.40. The van der Waals surface area contributed by atoms with Gasteiger partial charge in [-0.05, 0) is 68.3 Å². The van der Waals surface area contributed by atoms with E-state index in [4.69, 9.17) is 4.74 Å². The fourth-order valence-corrected chi connectivity index (χ4v) is 7.25. The van der Waals surface area contributed by atoms with E-state index in [9.17, 15) is 26.4 Å². The molecule has 0 amide bonds. The van der Waals surface area contributed by atoms with Crippen LogP contribution in [0.2, 0.25) is 0 Å². The number of anilines is 2. The van der Waals surface area contributed by atoms with Gasteiger partial charge in [0.15, 0.2) is 5.78 Å². The third-order valence-electron chi connectivity index (χ3n) is 6.95. The SMILES string of the molecule is CCOC(=O)C1CCN(S(=O)(=O)c2cccc(C(=O)CNc3ccc(S(=O)(=O)N(C)c4ccccc4)cc3)c2)CC1. The van der Waals surface area contributed by atoms with Crippen molar-refractivity contribution in [1.29, 1.82) is 0 Å².